The van der Waals surface area contributed by atoms with Gasteiger partial charge < -0.3 is 44.0 Å². The number of rotatable bonds is 0. The third-order valence-electron chi connectivity index (χ3n) is 0. The van der Waals surface area contributed by atoms with Crippen molar-refractivity contribution < 1.29 is 44.0 Å². The van der Waals surface area contributed by atoms with Crippen molar-refractivity contribution in [3.05, 3.63) is 0 Å². The Kier molecular flexibility index (Phi) is 34.1. The molecule has 0 aliphatic carbocycles. The first kappa shape index (κ1) is 23.7. The lowest BCUT2D eigenvalue weighted by Gasteiger charge is -1.76. The van der Waals surface area contributed by atoms with Gasteiger partial charge in [0.25, 0.3) is 0 Å². The van der Waals surface area contributed by atoms with Gasteiger partial charge in [-0.2, -0.15) is 0 Å². The summed E-state index contributed by atoms with van der Waals surface area (Å²) < 4.78 is 0. The van der Waals surface area contributed by atoms with Crippen molar-refractivity contribution in [2.75, 3.05) is 0 Å². The third-order valence-corrected chi connectivity index (χ3v) is 0. The molecule has 9 nitrogen and oxygen atoms in total. The monoisotopic (exact) mass is 257 g/mol. The summed E-state index contributed by atoms with van der Waals surface area (Å²) in [5, 5.41) is 0. The second kappa shape index (κ2) is 18.7. The van der Waals surface area contributed by atoms with E-state index in [0.717, 1.165) is 0 Å². The molecule has 0 rings (SSSR count). The molecular weight excluding hydrogens is 248 g/mol. The number of hydrogen-bond acceptors (Lipinski definition) is 9. The third kappa shape index (κ3) is 1590. The van der Waals surface area contributed by atoms with Gasteiger partial charge in [-0.05, 0) is 0 Å². The van der Waals surface area contributed by atoms with E-state index in [1.165, 1.54) is 0 Å². The van der Waals surface area contributed by atoms with Crippen LogP contribution >= 0.6 is 25.8 Å². The Labute approximate surface area is 79.1 Å². The van der Waals surface area contributed by atoms with Crippen molar-refractivity contribution in [3.8, 4) is 0 Å². The Balaban J connectivity index is -0.0000000450. The lowest BCUT2D eigenvalue weighted by molar-refractivity contribution is 0.366. The van der Waals surface area contributed by atoms with E-state index in [2.05, 4.69) is 0 Å². The summed E-state index contributed by atoms with van der Waals surface area (Å²) >= 11 is 0. The molecular formula is H9BO9P3. The minimum absolute atomic E-state index is 0. The molecule has 0 unspecified atom stereocenters. The maximum atomic E-state index is 7.23. The molecule has 0 saturated heterocycles. The van der Waals surface area contributed by atoms with Crippen LogP contribution in [0.3, 0.4) is 0 Å². The van der Waals surface area contributed by atoms with Crippen LogP contribution in [0.15, 0.2) is 0 Å². The lowest BCUT2D eigenvalue weighted by Crippen LogP contribution is -1.54. The molecule has 0 atom stereocenters. The summed E-state index contributed by atoms with van der Waals surface area (Å²) in [6.07, 6.45) is 0. The minimum Gasteiger partial charge on any atom is -0.328 e. The van der Waals surface area contributed by atoms with Crippen LogP contribution in [-0.2, 0) is 0 Å². The highest BCUT2D eigenvalue weighted by Crippen LogP contribution is 2.12. The highest BCUT2D eigenvalue weighted by atomic mass is 31.2. The van der Waals surface area contributed by atoms with Gasteiger partial charge in [-0.25, -0.2) is 0 Å². The Morgan fingerprint density at radius 2 is 0.385 bits per heavy atom. The molecule has 9 N–H and O–H groups in total. The summed E-state index contributed by atoms with van der Waals surface area (Å²) in [6, 6.07) is 0. The zero-order chi connectivity index (χ0) is 10.7. The summed E-state index contributed by atoms with van der Waals surface area (Å²) in [6.45, 7) is 0. The first-order valence-electron chi connectivity index (χ1n) is 1.80. The van der Waals surface area contributed by atoms with Gasteiger partial charge >= 0.3 is 25.8 Å². The van der Waals surface area contributed by atoms with E-state index in [1.807, 2.05) is 0 Å². The molecule has 0 aromatic heterocycles. The topological polar surface area (TPSA) is 182 Å². The fraction of sp³-hybridized carbons (Fsp3) is 0. The van der Waals surface area contributed by atoms with Gasteiger partial charge in [0.15, 0.2) is 0 Å². The van der Waals surface area contributed by atoms with E-state index in [0.29, 0.717) is 0 Å². The summed E-state index contributed by atoms with van der Waals surface area (Å²) in [7, 11) is -7.86. The molecule has 0 amide bonds. The quantitative estimate of drug-likeness (QED) is 0.163. The molecule has 0 aromatic rings. The lowest BCUT2D eigenvalue weighted by atomic mass is 10.8. The van der Waals surface area contributed by atoms with E-state index in [1.54, 1.807) is 0 Å². The fourth-order valence-corrected chi connectivity index (χ4v) is 0. The van der Waals surface area contributed by atoms with Crippen LogP contribution in [0.5, 0.6) is 0 Å². The average molecular weight is 257 g/mol. The first-order chi connectivity index (χ1) is 5.20. The SMILES string of the molecule is OP(O)O.OP(O)O.OP(O)O.[B]. The minimum atomic E-state index is -2.62. The summed E-state index contributed by atoms with van der Waals surface area (Å²) in [4.78, 5) is 65.1. The molecule has 0 spiro atoms. The van der Waals surface area contributed by atoms with Crippen LogP contribution in [0.25, 0.3) is 0 Å². The summed E-state index contributed by atoms with van der Waals surface area (Å²) in [5.74, 6) is 0. The van der Waals surface area contributed by atoms with E-state index < -0.39 is 25.8 Å². The highest BCUT2D eigenvalue weighted by molar-refractivity contribution is 7.38. The van der Waals surface area contributed by atoms with Crippen LogP contribution in [0.1, 0.15) is 0 Å². The van der Waals surface area contributed by atoms with E-state index >= 15 is 0 Å². The number of hydrogen-bond donors (Lipinski definition) is 9. The Hall–Kier alpha value is 0.995. The second-order valence-electron chi connectivity index (χ2n) is 0.805. The van der Waals surface area contributed by atoms with Gasteiger partial charge in [-0.15, -0.1) is 0 Å². The molecule has 13 heteroatoms. The van der Waals surface area contributed by atoms with Gasteiger partial charge in [-0.1, -0.05) is 0 Å². The van der Waals surface area contributed by atoms with Gasteiger partial charge in [0, 0.05) is 8.41 Å². The van der Waals surface area contributed by atoms with Crippen molar-refractivity contribution in [2.24, 2.45) is 0 Å². The predicted octanol–water partition coefficient (Wildman–Crippen LogP) is -2.81. The van der Waals surface area contributed by atoms with Crippen LogP contribution in [0, 0.1) is 0 Å². The summed E-state index contributed by atoms with van der Waals surface area (Å²) in [5.41, 5.74) is 0. The molecule has 81 valence electrons. The van der Waals surface area contributed by atoms with Crippen molar-refractivity contribution in [3.63, 3.8) is 0 Å². The molecule has 0 aliphatic heterocycles. The highest BCUT2D eigenvalue weighted by Gasteiger charge is 1.77. The van der Waals surface area contributed by atoms with E-state index in [-0.39, 0.29) is 8.41 Å². The maximum absolute atomic E-state index is 7.23. The van der Waals surface area contributed by atoms with Crippen molar-refractivity contribution in [1.29, 1.82) is 0 Å². The molecule has 0 heterocycles. The van der Waals surface area contributed by atoms with Gasteiger partial charge in [0.2, 0.25) is 0 Å². The molecule has 0 fully saturated rings. The molecule has 0 bridgehead atoms. The molecule has 3 radical (unpaired) electrons. The largest absolute Gasteiger partial charge is 0.328 e. The Morgan fingerprint density at radius 1 is 0.385 bits per heavy atom. The maximum Gasteiger partial charge on any atom is 0.324 e. The van der Waals surface area contributed by atoms with Crippen LogP contribution in [0.2, 0.25) is 0 Å². The molecule has 0 aliphatic rings. The predicted molar refractivity (Wildman–Crippen MR) is 46.5 cm³/mol. The van der Waals surface area contributed by atoms with Crippen LogP contribution in [0.4, 0.5) is 0 Å². The van der Waals surface area contributed by atoms with Gasteiger partial charge in [0.1, 0.15) is 0 Å². The molecule has 13 heavy (non-hydrogen) atoms. The average Bonchev–Trinajstić information content (AvgIpc) is 1.54. The van der Waals surface area contributed by atoms with Crippen LogP contribution < -0.4 is 0 Å². The zero-order valence-corrected chi connectivity index (χ0v) is 8.63. The van der Waals surface area contributed by atoms with Crippen molar-refractivity contribution >= 4 is 34.2 Å². The van der Waals surface area contributed by atoms with Crippen molar-refractivity contribution in [2.45, 2.75) is 0 Å². The van der Waals surface area contributed by atoms with Gasteiger partial charge in [-0.3, -0.25) is 0 Å². The van der Waals surface area contributed by atoms with E-state index in [9.17, 15) is 0 Å². The molecule has 0 saturated carbocycles. The van der Waals surface area contributed by atoms with E-state index in [4.69, 9.17) is 44.0 Å². The Bertz CT molecular complexity index is 43.4. The van der Waals surface area contributed by atoms with Crippen LogP contribution in [-0.4, -0.2) is 52.5 Å². The fourth-order valence-electron chi connectivity index (χ4n) is 0. The second-order valence-corrected chi connectivity index (χ2v) is 2.41. The zero-order valence-electron chi connectivity index (χ0n) is 5.94. The van der Waals surface area contributed by atoms with Crippen molar-refractivity contribution in [1.82, 2.24) is 0 Å². The smallest absolute Gasteiger partial charge is 0.324 e. The standard InChI is InChI=1S/B.3H3O3P/c;3*1-4(2)3/h;3*1-3H. The Morgan fingerprint density at radius 3 is 0.385 bits per heavy atom. The molecule has 0 aromatic carbocycles. The first-order valence-corrected chi connectivity index (χ1v) is 5.40. The van der Waals surface area contributed by atoms with Gasteiger partial charge in [0.05, 0.1) is 0 Å². The normalized spacial score (nSPS) is 8.31.